The highest BCUT2D eigenvalue weighted by atomic mass is 16.5. The molecule has 2 saturated carbocycles. The van der Waals surface area contributed by atoms with Crippen LogP contribution in [0.1, 0.15) is 81.3 Å². The van der Waals surface area contributed by atoms with Gasteiger partial charge in [0.1, 0.15) is 17.2 Å². The molecule has 0 radical (unpaired) electrons. The average Bonchev–Trinajstić information content (AvgIpc) is 3.85. The van der Waals surface area contributed by atoms with E-state index in [-0.39, 0.29) is 65.5 Å². The highest BCUT2D eigenvalue weighted by Gasteiger charge is 2.82. The van der Waals surface area contributed by atoms with Gasteiger partial charge >= 0.3 is 11.9 Å². The molecule has 7 heterocycles. The Morgan fingerprint density at radius 2 is 1.70 bits per heavy atom. The SMILES string of the molecule is C/C=C1/CN2CC[C@]34c5cc(OC)c(-c6cc7c8c(n(C)c7cc6OC)[C@@H]6[C@@H]7[C@@H]([C@@H]9[C@H](C)OC97CN6C(=O)C(C)C)[C@H]8C(=O)OC)c(C)c5N(C)[C@@]23CCC1[C@@H]4C(=O)OC. The molecule has 6 aliphatic heterocycles. The molecule has 3 aliphatic carbocycles. The maximum atomic E-state index is 14.3. The van der Waals surface area contributed by atoms with Crippen molar-refractivity contribution in [2.24, 2.45) is 42.6 Å². The summed E-state index contributed by atoms with van der Waals surface area (Å²) in [7, 11) is 10.7. The van der Waals surface area contributed by atoms with Gasteiger partial charge in [0.25, 0.3) is 0 Å². The topological polar surface area (TPSA) is 112 Å². The Morgan fingerprint density at radius 3 is 2.35 bits per heavy atom. The summed E-state index contributed by atoms with van der Waals surface area (Å²) in [6.45, 7) is 12.6. The molecule has 1 amide bonds. The van der Waals surface area contributed by atoms with E-state index in [1.54, 1.807) is 14.2 Å². The number of esters is 2. The first-order valence-corrected chi connectivity index (χ1v) is 21.9. The van der Waals surface area contributed by atoms with Crippen LogP contribution in [0.3, 0.4) is 0 Å². The molecule has 2 aromatic carbocycles. The first kappa shape index (κ1) is 38.4. The molecule has 3 unspecified atom stereocenters. The van der Waals surface area contributed by atoms with Crippen LogP contribution in [0.25, 0.3) is 22.0 Å². The molecular formula is C48H58N4O8. The monoisotopic (exact) mass is 818 g/mol. The van der Waals surface area contributed by atoms with Crippen LogP contribution in [0.15, 0.2) is 29.8 Å². The lowest BCUT2D eigenvalue weighted by Crippen LogP contribution is -2.78. The van der Waals surface area contributed by atoms with Crippen LogP contribution >= 0.6 is 0 Å². The summed E-state index contributed by atoms with van der Waals surface area (Å²) in [6, 6.07) is 6.25. The molecule has 0 N–H and O–H groups in total. The number of likely N-dealkylation sites (N-methyl/N-ethyl adjacent to an activating group) is 1. The molecule has 12 heteroatoms. The smallest absolute Gasteiger partial charge is 0.313 e. The van der Waals surface area contributed by atoms with Crippen molar-refractivity contribution in [3.05, 3.63) is 52.2 Å². The number of benzene rings is 2. The van der Waals surface area contributed by atoms with Gasteiger partial charge in [0.2, 0.25) is 5.91 Å². The van der Waals surface area contributed by atoms with Crippen molar-refractivity contribution in [2.75, 3.05) is 60.0 Å². The third-order valence-corrected chi connectivity index (χ3v) is 17.6. The van der Waals surface area contributed by atoms with E-state index in [2.05, 4.69) is 71.4 Å². The fourth-order valence-electron chi connectivity index (χ4n) is 15.7. The van der Waals surface area contributed by atoms with Gasteiger partial charge < -0.3 is 38.1 Å². The average molecular weight is 819 g/mol. The molecule has 3 aromatic rings. The number of ether oxygens (including phenoxy) is 5. The Hall–Kier alpha value is -4.55. The highest BCUT2D eigenvalue weighted by Crippen LogP contribution is 2.76. The van der Waals surface area contributed by atoms with Gasteiger partial charge in [-0.25, -0.2) is 0 Å². The summed E-state index contributed by atoms with van der Waals surface area (Å²) in [6.07, 6.45) is 4.92. The number of nitrogens with zero attached hydrogens (tertiary/aromatic N) is 4. The molecule has 9 aliphatic rings. The number of rotatable bonds is 6. The van der Waals surface area contributed by atoms with E-state index in [1.807, 2.05) is 20.9 Å². The third-order valence-electron chi connectivity index (χ3n) is 17.6. The Labute approximate surface area is 352 Å². The zero-order chi connectivity index (χ0) is 42.3. The minimum Gasteiger partial charge on any atom is -0.496 e. The number of hydrogen-bond acceptors (Lipinski definition) is 10. The van der Waals surface area contributed by atoms with Crippen LogP contribution in [-0.2, 0) is 41.1 Å². The summed E-state index contributed by atoms with van der Waals surface area (Å²) in [5.74, 6) is 0.254. The van der Waals surface area contributed by atoms with Crippen LogP contribution in [0.4, 0.5) is 5.69 Å². The number of carbonyl (C=O) groups excluding carboxylic acids is 3. The van der Waals surface area contributed by atoms with Crippen LogP contribution < -0.4 is 14.4 Å². The van der Waals surface area contributed by atoms with Crippen molar-refractivity contribution in [3.8, 4) is 22.6 Å². The van der Waals surface area contributed by atoms with E-state index < -0.39 is 22.6 Å². The first-order chi connectivity index (χ1) is 28.7. The number of anilines is 1. The number of hydrogen-bond donors (Lipinski definition) is 0. The lowest BCUT2D eigenvalue weighted by molar-refractivity contribution is -0.360. The number of likely N-dealkylation sites (tertiary alicyclic amines) is 1. The molecule has 4 bridgehead atoms. The Balaban J connectivity index is 1.16. The minimum absolute atomic E-state index is 0.0117. The van der Waals surface area contributed by atoms with Gasteiger partial charge in [-0.3, -0.25) is 19.3 Å². The van der Waals surface area contributed by atoms with Gasteiger partial charge in [0.15, 0.2) is 0 Å². The maximum absolute atomic E-state index is 14.3. The first-order valence-electron chi connectivity index (χ1n) is 21.9. The number of aromatic nitrogens is 1. The highest BCUT2D eigenvalue weighted by molar-refractivity contribution is 6.00. The van der Waals surface area contributed by atoms with Gasteiger partial charge in [-0.05, 0) is 80.7 Å². The van der Waals surface area contributed by atoms with Gasteiger partial charge in [0, 0.05) is 84.3 Å². The molecule has 60 heavy (non-hydrogen) atoms. The summed E-state index contributed by atoms with van der Waals surface area (Å²) >= 11 is 0. The fraction of sp³-hybridized carbons (Fsp3) is 0.604. The van der Waals surface area contributed by atoms with Gasteiger partial charge in [0.05, 0.1) is 70.1 Å². The molecule has 7 fully saturated rings. The zero-order valence-corrected chi connectivity index (χ0v) is 36.8. The largest absolute Gasteiger partial charge is 0.496 e. The summed E-state index contributed by atoms with van der Waals surface area (Å²) in [5, 5.41) is 0.942. The molecule has 12 rings (SSSR count). The van der Waals surface area contributed by atoms with E-state index in [9.17, 15) is 14.4 Å². The second-order valence-electron chi connectivity index (χ2n) is 19.4. The van der Waals surface area contributed by atoms with Crippen molar-refractivity contribution in [1.29, 1.82) is 0 Å². The molecule has 12 atom stereocenters. The molecule has 5 saturated heterocycles. The van der Waals surface area contributed by atoms with Gasteiger partial charge in [-0.2, -0.15) is 0 Å². The van der Waals surface area contributed by atoms with Crippen molar-refractivity contribution in [1.82, 2.24) is 14.4 Å². The van der Waals surface area contributed by atoms with Crippen LogP contribution in [0.2, 0.25) is 0 Å². The van der Waals surface area contributed by atoms with E-state index in [0.29, 0.717) is 18.0 Å². The number of amides is 1. The lowest BCUT2D eigenvalue weighted by Gasteiger charge is -2.70. The predicted octanol–water partition coefficient (Wildman–Crippen LogP) is 6.25. The number of aryl methyl sites for hydroxylation is 1. The molecule has 318 valence electrons. The van der Waals surface area contributed by atoms with Gasteiger partial charge in [-0.1, -0.05) is 25.5 Å². The number of carbonyl (C=O) groups is 3. The zero-order valence-electron chi connectivity index (χ0n) is 36.8. The van der Waals surface area contributed by atoms with Crippen LogP contribution in [0.5, 0.6) is 11.5 Å². The minimum atomic E-state index is -0.522. The molecule has 2 spiro atoms. The molecule has 12 nitrogen and oxygen atoms in total. The summed E-state index contributed by atoms with van der Waals surface area (Å²) in [5.41, 5.74) is 7.91. The second-order valence-corrected chi connectivity index (χ2v) is 19.4. The van der Waals surface area contributed by atoms with E-state index in [0.717, 1.165) is 82.5 Å². The standard InChI is InChI=1S/C48H58N4O8/c1-12-25-20-51-16-15-46-29-18-32(57-9)33(23(4)40(29)50(7)48(46,51)14-13-26(25)38(46)45(55)59-11)28-17-27-30(19-31(28)56-8)49(6)41-34(27)35(44(54)58-10)36-37-24(5)60-47(37)21-52(42(41)39(36)47)43(53)22(2)3/h12,17-19,22,24,26,35-39,42H,13-16,20-21H2,1-11H3/b25-12-/t24-,26?,35-,36+,37-,38+,39-,42-,46+,47?,48-/m0/s1. The van der Waals surface area contributed by atoms with Crippen molar-refractivity contribution >= 4 is 34.4 Å². The molecule has 1 aromatic heterocycles. The van der Waals surface area contributed by atoms with E-state index in [4.69, 9.17) is 23.7 Å². The Bertz CT molecular complexity index is 2490. The van der Waals surface area contributed by atoms with E-state index in [1.165, 1.54) is 19.8 Å². The number of allylic oxidation sites excluding steroid dienone is 1. The Morgan fingerprint density at radius 1 is 0.967 bits per heavy atom. The van der Waals surface area contributed by atoms with Crippen LogP contribution in [-0.4, -0.2) is 105 Å². The number of fused-ring (bicyclic) bond motifs is 8. The second kappa shape index (κ2) is 12.3. The quantitative estimate of drug-likeness (QED) is 0.209. The number of methoxy groups -OCH3 is 4. The van der Waals surface area contributed by atoms with E-state index >= 15 is 0 Å². The van der Waals surface area contributed by atoms with Crippen molar-refractivity contribution < 1.29 is 38.1 Å². The maximum Gasteiger partial charge on any atom is 0.313 e. The normalized spacial score (nSPS) is 37.8. The summed E-state index contributed by atoms with van der Waals surface area (Å²) in [4.78, 5) is 49.8. The summed E-state index contributed by atoms with van der Waals surface area (Å²) < 4.78 is 32.9. The molecular weight excluding hydrogens is 761 g/mol. The van der Waals surface area contributed by atoms with Crippen molar-refractivity contribution in [3.63, 3.8) is 0 Å². The van der Waals surface area contributed by atoms with Crippen LogP contribution in [0, 0.1) is 42.4 Å². The van der Waals surface area contributed by atoms with Crippen molar-refractivity contribution in [2.45, 2.75) is 88.6 Å². The third kappa shape index (κ3) is 3.97. The lowest BCUT2D eigenvalue weighted by atomic mass is 9.42. The Kier molecular flexibility index (Phi) is 7.87. The fourth-order valence-corrected chi connectivity index (χ4v) is 15.7. The van der Waals surface area contributed by atoms with Gasteiger partial charge in [-0.15, -0.1) is 0 Å². The predicted molar refractivity (Wildman–Crippen MR) is 225 cm³/mol.